The number of amides is 1. The molecule has 0 aliphatic carbocycles. The fourth-order valence-electron chi connectivity index (χ4n) is 2.73. The first-order chi connectivity index (χ1) is 13.0. The third kappa shape index (κ3) is 4.28. The number of ether oxygens (including phenoxy) is 2. The molecule has 27 heavy (non-hydrogen) atoms. The van der Waals surface area contributed by atoms with Crippen LogP contribution in [0.4, 0.5) is 0 Å². The fraction of sp³-hybridized carbons (Fsp3) is 0.238. The van der Waals surface area contributed by atoms with E-state index in [0.717, 1.165) is 21.2 Å². The molecule has 3 rings (SSSR count). The van der Waals surface area contributed by atoms with Gasteiger partial charge in [0.2, 0.25) is 0 Å². The lowest BCUT2D eigenvalue weighted by Gasteiger charge is -2.17. The Morgan fingerprint density at radius 1 is 1.11 bits per heavy atom. The van der Waals surface area contributed by atoms with Crippen molar-refractivity contribution in [2.75, 3.05) is 20.8 Å². The summed E-state index contributed by atoms with van der Waals surface area (Å²) in [5.41, 5.74) is 1.46. The van der Waals surface area contributed by atoms with E-state index in [4.69, 9.17) is 9.47 Å². The smallest absolute Gasteiger partial charge is 0.342 e. The van der Waals surface area contributed by atoms with Gasteiger partial charge in [-0.05, 0) is 46.8 Å². The van der Waals surface area contributed by atoms with E-state index in [1.165, 1.54) is 7.11 Å². The number of esters is 1. The molecule has 5 nitrogen and oxygen atoms in total. The first-order valence-corrected chi connectivity index (χ1v) is 9.38. The first kappa shape index (κ1) is 18.9. The Morgan fingerprint density at radius 2 is 1.81 bits per heavy atom. The van der Waals surface area contributed by atoms with Crippen LogP contribution < -0.4 is 4.74 Å². The second-order valence-electron chi connectivity index (χ2n) is 6.25. The molecule has 1 amide bonds. The molecule has 0 radical (unpaired) electrons. The molecule has 0 saturated carbocycles. The molecule has 0 aliphatic heterocycles. The Morgan fingerprint density at radius 3 is 2.44 bits per heavy atom. The van der Waals surface area contributed by atoms with E-state index in [0.29, 0.717) is 17.9 Å². The lowest BCUT2D eigenvalue weighted by molar-refractivity contribution is -0.133. The summed E-state index contributed by atoms with van der Waals surface area (Å²) in [6.45, 7) is 2.20. The lowest BCUT2D eigenvalue weighted by Crippen LogP contribution is -2.30. The summed E-state index contributed by atoms with van der Waals surface area (Å²) in [5, 5.41) is 3.87. The van der Waals surface area contributed by atoms with Gasteiger partial charge in [-0.2, -0.15) is 0 Å². The Labute approximate surface area is 162 Å². The molecule has 2 aromatic carbocycles. The highest BCUT2D eigenvalue weighted by Crippen LogP contribution is 2.26. The van der Waals surface area contributed by atoms with Gasteiger partial charge in [-0.25, -0.2) is 4.79 Å². The molecule has 3 aromatic rings. The van der Waals surface area contributed by atoms with Gasteiger partial charge < -0.3 is 14.4 Å². The van der Waals surface area contributed by atoms with Crippen molar-refractivity contribution in [3.8, 4) is 5.75 Å². The van der Waals surface area contributed by atoms with Crippen LogP contribution in [0, 0.1) is 6.92 Å². The van der Waals surface area contributed by atoms with Crippen LogP contribution >= 0.6 is 11.3 Å². The molecule has 0 fully saturated rings. The van der Waals surface area contributed by atoms with E-state index >= 15 is 0 Å². The number of carbonyl (C=O) groups is 2. The third-order valence-corrected chi connectivity index (χ3v) is 5.40. The number of hydrogen-bond acceptors (Lipinski definition) is 5. The van der Waals surface area contributed by atoms with Crippen LogP contribution in [0.5, 0.6) is 5.75 Å². The zero-order valence-corrected chi connectivity index (χ0v) is 16.3. The number of fused-ring (bicyclic) bond motifs is 1. The number of rotatable bonds is 6. The van der Waals surface area contributed by atoms with E-state index in [2.05, 4.69) is 0 Å². The topological polar surface area (TPSA) is 55.8 Å². The zero-order chi connectivity index (χ0) is 19.4. The van der Waals surface area contributed by atoms with E-state index in [-0.39, 0.29) is 12.5 Å². The van der Waals surface area contributed by atoms with Gasteiger partial charge in [0, 0.05) is 11.9 Å². The minimum Gasteiger partial charge on any atom is -0.496 e. The number of benzene rings is 2. The summed E-state index contributed by atoms with van der Waals surface area (Å²) in [6.07, 6.45) is 0. The number of likely N-dealkylation sites (N-methyl/N-ethyl adjacent to an activating group) is 1. The molecule has 1 heterocycles. The molecule has 1 aromatic heterocycles. The van der Waals surface area contributed by atoms with Crippen molar-refractivity contribution >= 4 is 34.0 Å². The molecule has 0 N–H and O–H groups in total. The Kier molecular flexibility index (Phi) is 5.76. The molecule has 0 spiro atoms. The van der Waals surface area contributed by atoms with Crippen LogP contribution in [0.3, 0.4) is 0 Å². The van der Waals surface area contributed by atoms with Crippen molar-refractivity contribution in [2.45, 2.75) is 13.5 Å². The van der Waals surface area contributed by atoms with Crippen LogP contribution in [-0.4, -0.2) is 37.5 Å². The van der Waals surface area contributed by atoms with Gasteiger partial charge in [0.1, 0.15) is 11.3 Å². The van der Waals surface area contributed by atoms with Crippen LogP contribution in [0.25, 0.3) is 10.8 Å². The zero-order valence-electron chi connectivity index (χ0n) is 15.5. The van der Waals surface area contributed by atoms with Gasteiger partial charge in [0.15, 0.2) is 6.61 Å². The molecular formula is C21H21NO4S. The average molecular weight is 383 g/mol. The van der Waals surface area contributed by atoms with Crippen molar-refractivity contribution in [2.24, 2.45) is 0 Å². The quantitative estimate of drug-likeness (QED) is 0.603. The van der Waals surface area contributed by atoms with Crippen molar-refractivity contribution in [1.82, 2.24) is 4.90 Å². The molecule has 140 valence electrons. The fourth-order valence-corrected chi connectivity index (χ4v) is 3.69. The van der Waals surface area contributed by atoms with Gasteiger partial charge in [0.25, 0.3) is 5.91 Å². The molecule has 6 heteroatoms. The number of methoxy groups -OCH3 is 1. The predicted molar refractivity (Wildman–Crippen MR) is 106 cm³/mol. The van der Waals surface area contributed by atoms with E-state index in [1.54, 1.807) is 35.4 Å². The van der Waals surface area contributed by atoms with Crippen LogP contribution in [0.2, 0.25) is 0 Å². The monoisotopic (exact) mass is 383 g/mol. The summed E-state index contributed by atoms with van der Waals surface area (Å²) in [7, 11) is 3.20. The highest BCUT2D eigenvalue weighted by atomic mass is 32.1. The number of carbonyl (C=O) groups excluding carboxylic acids is 2. The maximum absolute atomic E-state index is 12.5. The molecule has 0 bridgehead atoms. The summed E-state index contributed by atoms with van der Waals surface area (Å²) >= 11 is 1.60. The SMILES string of the molecule is COc1cc2ccccc2cc1C(=O)OCC(=O)N(C)Cc1sccc1C. The Balaban J connectivity index is 1.67. The standard InChI is InChI=1S/C21H21NO4S/c1-14-8-9-27-19(14)12-22(2)20(23)13-26-21(24)17-10-15-6-4-5-7-16(15)11-18(17)25-3/h4-11H,12-13H2,1-3H3. The molecule has 0 aliphatic rings. The van der Waals surface area contributed by atoms with E-state index < -0.39 is 5.97 Å². The van der Waals surface area contributed by atoms with Crippen LogP contribution in [0.15, 0.2) is 47.8 Å². The van der Waals surface area contributed by atoms with Gasteiger partial charge in [-0.15, -0.1) is 11.3 Å². The second-order valence-corrected chi connectivity index (χ2v) is 7.25. The summed E-state index contributed by atoms with van der Waals surface area (Å²) in [5.74, 6) is -0.406. The van der Waals surface area contributed by atoms with Crippen molar-refractivity contribution in [3.63, 3.8) is 0 Å². The minimum absolute atomic E-state index is 0.254. The number of aryl methyl sites for hydroxylation is 1. The van der Waals surface area contributed by atoms with Crippen LogP contribution in [-0.2, 0) is 16.1 Å². The third-order valence-electron chi connectivity index (χ3n) is 4.39. The molecule has 0 unspecified atom stereocenters. The first-order valence-electron chi connectivity index (χ1n) is 8.50. The lowest BCUT2D eigenvalue weighted by atomic mass is 10.1. The van der Waals surface area contributed by atoms with Gasteiger partial charge in [-0.1, -0.05) is 24.3 Å². The van der Waals surface area contributed by atoms with Crippen molar-refractivity contribution in [3.05, 3.63) is 63.8 Å². The normalized spacial score (nSPS) is 10.6. The van der Waals surface area contributed by atoms with Crippen molar-refractivity contribution in [1.29, 1.82) is 0 Å². The predicted octanol–water partition coefficient (Wildman–Crippen LogP) is 4.03. The summed E-state index contributed by atoms with van der Waals surface area (Å²) in [4.78, 5) is 27.5. The van der Waals surface area contributed by atoms with Crippen molar-refractivity contribution < 1.29 is 19.1 Å². The largest absolute Gasteiger partial charge is 0.496 e. The van der Waals surface area contributed by atoms with Gasteiger partial charge >= 0.3 is 5.97 Å². The number of hydrogen-bond donors (Lipinski definition) is 0. The Hall–Kier alpha value is -2.86. The minimum atomic E-state index is -0.577. The van der Waals surface area contributed by atoms with E-state index in [9.17, 15) is 9.59 Å². The van der Waals surface area contributed by atoms with E-state index in [1.807, 2.05) is 42.6 Å². The van der Waals surface area contributed by atoms with Gasteiger partial charge in [-0.3, -0.25) is 4.79 Å². The molecule has 0 saturated heterocycles. The highest BCUT2D eigenvalue weighted by Gasteiger charge is 2.18. The second kappa shape index (κ2) is 8.22. The number of nitrogens with zero attached hydrogens (tertiary/aromatic N) is 1. The average Bonchev–Trinajstić information content (AvgIpc) is 3.09. The van der Waals surface area contributed by atoms with Crippen LogP contribution in [0.1, 0.15) is 20.8 Å². The number of thiophene rings is 1. The molecular weight excluding hydrogens is 362 g/mol. The maximum Gasteiger partial charge on any atom is 0.342 e. The summed E-state index contributed by atoms with van der Waals surface area (Å²) < 4.78 is 10.6. The molecule has 0 atom stereocenters. The summed E-state index contributed by atoms with van der Waals surface area (Å²) in [6, 6.07) is 13.2. The maximum atomic E-state index is 12.5. The highest BCUT2D eigenvalue weighted by molar-refractivity contribution is 7.10. The Bertz CT molecular complexity index is 979. The van der Waals surface area contributed by atoms with Gasteiger partial charge in [0.05, 0.1) is 13.7 Å².